The minimum absolute atomic E-state index is 0.314. The number of likely N-dealkylation sites (N-methyl/N-ethyl adjacent to an activating group) is 1. The summed E-state index contributed by atoms with van der Waals surface area (Å²) in [5.41, 5.74) is 16.8. The number of primary amides is 1. The Bertz CT molecular complexity index is 2320. The van der Waals surface area contributed by atoms with Gasteiger partial charge in [0.2, 0.25) is 5.91 Å². The standard InChI is InChI=1S/C45H46N4O2/c1-29-25-33-27-34(48-19-17-47(2)18-20-48)10-15-36(33)40-14-9-31-26-32(8-13-38(31)43(29)40)39-12-7-30-5-3-4-6-37(30)44(39)42-28-35(11-16-41(42)45(46)50)49-21-23-51-24-22-49/h3-7,9-12,14-16,25,27-28,32H,8,13,17-24,26H2,1-2H3,(H2,46,50). The zero-order valence-electron chi connectivity index (χ0n) is 29.8. The van der Waals surface area contributed by atoms with E-state index in [-0.39, 0.29) is 0 Å². The minimum Gasteiger partial charge on any atom is -0.378 e. The Morgan fingerprint density at radius 2 is 1.49 bits per heavy atom. The molecule has 6 heteroatoms. The molecule has 1 amide bonds. The van der Waals surface area contributed by atoms with Crippen LogP contribution in [0.3, 0.4) is 0 Å². The van der Waals surface area contributed by atoms with Gasteiger partial charge in [-0.15, -0.1) is 0 Å². The van der Waals surface area contributed by atoms with Gasteiger partial charge in [-0.3, -0.25) is 4.79 Å². The van der Waals surface area contributed by atoms with E-state index in [0.717, 1.165) is 75.3 Å². The highest BCUT2D eigenvalue weighted by Crippen LogP contribution is 2.45. The molecule has 1 unspecified atom stereocenters. The first-order valence-electron chi connectivity index (χ1n) is 18.6. The van der Waals surface area contributed by atoms with Crippen molar-refractivity contribution in [2.24, 2.45) is 5.73 Å². The summed E-state index contributed by atoms with van der Waals surface area (Å²) in [7, 11) is 2.21. The van der Waals surface area contributed by atoms with Crippen LogP contribution in [0.15, 0.2) is 91.0 Å². The van der Waals surface area contributed by atoms with Crippen LogP contribution in [0.4, 0.5) is 11.4 Å². The smallest absolute Gasteiger partial charge is 0.249 e. The number of piperazine rings is 1. The van der Waals surface area contributed by atoms with Gasteiger partial charge >= 0.3 is 0 Å². The lowest BCUT2D eigenvalue weighted by atomic mass is 9.75. The van der Waals surface area contributed by atoms with Gasteiger partial charge in [-0.1, -0.05) is 60.7 Å². The van der Waals surface area contributed by atoms with Gasteiger partial charge in [-0.25, -0.2) is 0 Å². The first-order chi connectivity index (χ1) is 24.9. The van der Waals surface area contributed by atoms with Crippen molar-refractivity contribution in [3.8, 4) is 11.1 Å². The summed E-state index contributed by atoms with van der Waals surface area (Å²) >= 11 is 0. The van der Waals surface area contributed by atoms with Crippen LogP contribution in [0, 0.1) is 6.92 Å². The Morgan fingerprint density at radius 1 is 0.745 bits per heavy atom. The van der Waals surface area contributed by atoms with E-state index in [1.807, 2.05) is 12.1 Å². The molecule has 0 aromatic heterocycles. The Hall–Kier alpha value is -4.91. The molecular weight excluding hydrogens is 629 g/mol. The second-order valence-electron chi connectivity index (χ2n) is 14.9. The van der Waals surface area contributed by atoms with E-state index in [9.17, 15) is 4.79 Å². The fourth-order valence-electron chi connectivity index (χ4n) is 9.18. The Morgan fingerprint density at radius 3 is 2.31 bits per heavy atom. The van der Waals surface area contributed by atoms with Crippen molar-refractivity contribution in [1.82, 2.24) is 4.90 Å². The number of carbonyl (C=O) groups is 1. The van der Waals surface area contributed by atoms with Gasteiger partial charge in [-0.05, 0) is 135 Å². The first-order valence-corrected chi connectivity index (χ1v) is 18.6. The summed E-state index contributed by atoms with van der Waals surface area (Å²) in [5.74, 6) is -0.0783. The molecule has 1 aliphatic carbocycles. The molecule has 0 spiro atoms. The van der Waals surface area contributed by atoms with Crippen molar-refractivity contribution in [3.63, 3.8) is 0 Å². The van der Waals surface area contributed by atoms with Gasteiger partial charge in [0.15, 0.2) is 0 Å². The molecule has 1 atom stereocenters. The Kier molecular flexibility index (Phi) is 8.17. The quantitative estimate of drug-likeness (QED) is 0.188. The number of hydrogen-bond acceptors (Lipinski definition) is 5. The fourth-order valence-corrected chi connectivity index (χ4v) is 9.18. The van der Waals surface area contributed by atoms with E-state index in [1.54, 1.807) is 0 Å². The Labute approximate surface area is 300 Å². The predicted octanol–water partition coefficient (Wildman–Crippen LogP) is 8.08. The number of benzene rings is 6. The third-order valence-electron chi connectivity index (χ3n) is 11.9. The number of hydrogen-bond donors (Lipinski definition) is 1. The van der Waals surface area contributed by atoms with Crippen molar-refractivity contribution >= 4 is 49.6 Å². The molecule has 2 heterocycles. The molecule has 0 radical (unpaired) electrons. The molecule has 0 bridgehead atoms. The summed E-state index contributed by atoms with van der Waals surface area (Å²) in [6.45, 7) is 9.73. The van der Waals surface area contributed by atoms with Gasteiger partial charge < -0.3 is 25.2 Å². The summed E-state index contributed by atoms with van der Waals surface area (Å²) in [6.07, 6.45) is 3.03. The molecule has 2 aliphatic heterocycles. The normalized spacial score (nSPS) is 18.4. The molecule has 0 saturated carbocycles. The van der Waals surface area contributed by atoms with E-state index >= 15 is 0 Å². The molecule has 6 aromatic carbocycles. The third kappa shape index (κ3) is 5.71. The molecular formula is C45H46N4O2. The molecule has 2 fully saturated rings. The summed E-state index contributed by atoms with van der Waals surface area (Å²) in [5, 5.41) is 7.80. The number of amides is 1. The van der Waals surface area contributed by atoms with Crippen LogP contribution in [0.5, 0.6) is 0 Å². The molecule has 3 aliphatic rings. The van der Waals surface area contributed by atoms with E-state index in [2.05, 4.69) is 108 Å². The lowest BCUT2D eigenvalue weighted by Gasteiger charge is -2.34. The number of aryl methyl sites for hydroxylation is 2. The van der Waals surface area contributed by atoms with Crippen LogP contribution in [0.1, 0.15) is 45.0 Å². The number of carbonyl (C=O) groups excluding carboxylic acids is 1. The maximum Gasteiger partial charge on any atom is 0.249 e. The summed E-state index contributed by atoms with van der Waals surface area (Å²) in [4.78, 5) is 20.3. The number of nitrogens with two attached hydrogens (primary N) is 1. The molecule has 2 N–H and O–H groups in total. The second-order valence-corrected chi connectivity index (χ2v) is 14.9. The van der Waals surface area contributed by atoms with E-state index in [1.165, 1.54) is 60.3 Å². The maximum atomic E-state index is 13.0. The number of anilines is 2. The van der Waals surface area contributed by atoms with Gasteiger partial charge in [0, 0.05) is 56.2 Å². The van der Waals surface area contributed by atoms with Gasteiger partial charge in [0.25, 0.3) is 0 Å². The van der Waals surface area contributed by atoms with Crippen molar-refractivity contribution in [2.75, 3.05) is 69.3 Å². The SMILES string of the molecule is Cc1cc2cc(N3CCN(C)CC3)ccc2c2ccc3c(c12)CCC(c1ccc2ccccc2c1-c1cc(N2CCOCC2)ccc1C(N)=O)C3. The van der Waals surface area contributed by atoms with Gasteiger partial charge in [-0.2, -0.15) is 0 Å². The van der Waals surface area contributed by atoms with E-state index in [4.69, 9.17) is 10.5 Å². The van der Waals surface area contributed by atoms with Crippen LogP contribution >= 0.6 is 0 Å². The number of morpholine rings is 1. The third-order valence-corrected chi connectivity index (χ3v) is 11.9. The zero-order valence-corrected chi connectivity index (χ0v) is 29.8. The number of nitrogens with zero attached hydrogens (tertiary/aromatic N) is 3. The van der Waals surface area contributed by atoms with E-state index < -0.39 is 5.91 Å². The highest BCUT2D eigenvalue weighted by Gasteiger charge is 2.28. The lowest BCUT2D eigenvalue weighted by molar-refractivity contribution is 0.100. The van der Waals surface area contributed by atoms with Crippen molar-refractivity contribution < 1.29 is 9.53 Å². The van der Waals surface area contributed by atoms with Crippen molar-refractivity contribution in [1.29, 1.82) is 0 Å². The molecule has 6 nitrogen and oxygen atoms in total. The minimum atomic E-state index is -0.392. The summed E-state index contributed by atoms with van der Waals surface area (Å²) in [6, 6.07) is 33.6. The molecule has 9 rings (SSSR count). The van der Waals surface area contributed by atoms with Crippen LogP contribution in [0.2, 0.25) is 0 Å². The van der Waals surface area contributed by atoms with Crippen LogP contribution in [-0.4, -0.2) is 70.3 Å². The van der Waals surface area contributed by atoms with Gasteiger partial charge in [0.1, 0.15) is 0 Å². The topological polar surface area (TPSA) is 62.0 Å². The predicted molar refractivity (Wildman–Crippen MR) is 212 cm³/mol. The van der Waals surface area contributed by atoms with Crippen molar-refractivity contribution in [3.05, 3.63) is 119 Å². The highest BCUT2D eigenvalue weighted by molar-refractivity contribution is 6.11. The Balaban J connectivity index is 1.12. The zero-order chi connectivity index (χ0) is 34.6. The first kappa shape index (κ1) is 32.0. The fraction of sp³-hybridized carbons (Fsp3) is 0.311. The molecule has 6 aromatic rings. The number of fused-ring (bicyclic) bond motifs is 6. The van der Waals surface area contributed by atoms with Crippen LogP contribution < -0.4 is 15.5 Å². The van der Waals surface area contributed by atoms with Gasteiger partial charge in [0.05, 0.1) is 13.2 Å². The molecule has 258 valence electrons. The number of rotatable bonds is 5. The monoisotopic (exact) mass is 674 g/mol. The number of ether oxygens (including phenoxy) is 1. The lowest BCUT2D eigenvalue weighted by Crippen LogP contribution is -2.44. The van der Waals surface area contributed by atoms with Crippen LogP contribution in [0.25, 0.3) is 43.4 Å². The molecule has 2 saturated heterocycles. The maximum absolute atomic E-state index is 13.0. The van der Waals surface area contributed by atoms with Crippen molar-refractivity contribution in [2.45, 2.75) is 32.1 Å². The summed E-state index contributed by atoms with van der Waals surface area (Å²) < 4.78 is 5.65. The average molecular weight is 675 g/mol. The average Bonchev–Trinajstić information content (AvgIpc) is 3.17. The largest absolute Gasteiger partial charge is 0.378 e. The van der Waals surface area contributed by atoms with Crippen LogP contribution in [-0.2, 0) is 17.6 Å². The molecule has 51 heavy (non-hydrogen) atoms. The second kappa shape index (κ2) is 13.0. The van der Waals surface area contributed by atoms with E-state index in [0.29, 0.717) is 24.7 Å². The highest BCUT2D eigenvalue weighted by atomic mass is 16.5.